The van der Waals surface area contributed by atoms with E-state index in [0.29, 0.717) is 41.8 Å². The summed E-state index contributed by atoms with van der Waals surface area (Å²) in [6.07, 6.45) is 0.799. The number of nitrogens with one attached hydrogen (secondary N) is 1. The second-order valence-electron chi connectivity index (χ2n) is 7.55. The van der Waals surface area contributed by atoms with E-state index in [9.17, 15) is 8.42 Å². The number of rotatable bonds is 8. The summed E-state index contributed by atoms with van der Waals surface area (Å²) in [5.41, 5.74) is 0.620. The number of oxazole rings is 1. The number of nitrogens with zero attached hydrogens (tertiary/aromatic N) is 2. The van der Waals surface area contributed by atoms with Crippen LogP contribution in [0.5, 0.6) is 11.5 Å². The van der Waals surface area contributed by atoms with Gasteiger partial charge < -0.3 is 24.1 Å². The van der Waals surface area contributed by atoms with Crippen LogP contribution < -0.4 is 14.8 Å². The average molecular weight is 478 g/mol. The molecular weight excluding hydrogens is 454 g/mol. The van der Waals surface area contributed by atoms with E-state index in [0.717, 1.165) is 13.0 Å². The van der Waals surface area contributed by atoms with E-state index in [2.05, 4.69) is 10.3 Å². The number of anilines is 1. The first kappa shape index (κ1) is 22.4. The van der Waals surface area contributed by atoms with Crippen molar-refractivity contribution in [3.05, 3.63) is 47.5 Å². The molecule has 0 saturated heterocycles. The summed E-state index contributed by atoms with van der Waals surface area (Å²) >= 11 is 5.97. The smallest absolute Gasteiger partial charge is 0.233 e. The molecule has 4 rings (SSSR count). The molecule has 0 amide bonds. The van der Waals surface area contributed by atoms with E-state index in [1.807, 2.05) is 19.0 Å². The predicted molar refractivity (Wildman–Crippen MR) is 121 cm³/mol. The van der Waals surface area contributed by atoms with Crippen LogP contribution in [-0.4, -0.2) is 58.7 Å². The van der Waals surface area contributed by atoms with Gasteiger partial charge in [-0.05, 0) is 63.5 Å². The van der Waals surface area contributed by atoms with Gasteiger partial charge >= 0.3 is 0 Å². The molecule has 1 N–H and O–H groups in total. The highest BCUT2D eigenvalue weighted by atomic mass is 35.5. The first-order valence-electron chi connectivity index (χ1n) is 10.1. The number of hydrogen-bond donors (Lipinski definition) is 1. The molecule has 2 aromatic carbocycles. The molecule has 1 aliphatic heterocycles. The normalized spacial score (nSPS) is 13.4. The molecule has 2 heterocycles. The zero-order valence-electron chi connectivity index (χ0n) is 17.8. The number of aromatic nitrogens is 1. The first-order chi connectivity index (χ1) is 15.3. The molecule has 0 radical (unpaired) electrons. The lowest BCUT2D eigenvalue weighted by molar-refractivity contribution is 0.171. The van der Waals surface area contributed by atoms with E-state index in [1.54, 1.807) is 30.3 Å². The topological polar surface area (TPSA) is 93.9 Å². The SMILES string of the molecule is CN(C)CCCNc1oc(-c2ccc(Cl)cc2)nc1S(=O)(=O)c1ccc2c(c1)OCCO2. The Balaban J connectivity index is 1.70. The van der Waals surface area contributed by atoms with Crippen LogP contribution in [0.4, 0.5) is 5.88 Å². The van der Waals surface area contributed by atoms with Crippen molar-refractivity contribution in [3.63, 3.8) is 0 Å². The van der Waals surface area contributed by atoms with Gasteiger partial charge in [-0.3, -0.25) is 0 Å². The quantitative estimate of drug-likeness (QED) is 0.487. The van der Waals surface area contributed by atoms with Crippen molar-refractivity contribution >= 4 is 27.3 Å². The van der Waals surface area contributed by atoms with Crippen molar-refractivity contribution in [3.8, 4) is 23.0 Å². The third-order valence-electron chi connectivity index (χ3n) is 4.83. The summed E-state index contributed by atoms with van der Waals surface area (Å²) in [5, 5.41) is 3.48. The highest BCUT2D eigenvalue weighted by Gasteiger charge is 2.30. The van der Waals surface area contributed by atoms with Gasteiger partial charge in [-0.15, -0.1) is 0 Å². The molecule has 0 bridgehead atoms. The van der Waals surface area contributed by atoms with Crippen molar-refractivity contribution < 1.29 is 22.3 Å². The maximum absolute atomic E-state index is 13.5. The van der Waals surface area contributed by atoms with Crippen molar-refractivity contribution in [1.82, 2.24) is 9.88 Å². The molecule has 0 atom stereocenters. The summed E-state index contributed by atoms with van der Waals surface area (Å²) in [6.45, 7) is 2.15. The average Bonchev–Trinajstić information content (AvgIpc) is 3.22. The van der Waals surface area contributed by atoms with Crippen molar-refractivity contribution in [1.29, 1.82) is 0 Å². The van der Waals surface area contributed by atoms with Crippen LogP contribution in [-0.2, 0) is 9.84 Å². The molecule has 1 aliphatic rings. The molecule has 0 saturated carbocycles. The molecule has 3 aromatic rings. The summed E-state index contributed by atoms with van der Waals surface area (Å²) in [7, 11) is -0.0372. The minimum absolute atomic E-state index is 0.0500. The number of sulfone groups is 1. The molecule has 0 fully saturated rings. The Morgan fingerprint density at radius 1 is 1.06 bits per heavy atom. The van der Waals surface area contributed by atoms with Crippen molar-refractivity contribution in [2.24, 2.45) is 0 Å². The molecule has 8 nitrogen and oxygen atoms in total. The summed E-state index contributed by atoms with van der Waals surface area (Å²) < 4.78 is 43.9. The van der Waals surface area contributed by atoms with Gasteiger partial charge in [0.15, 0.2) is 11.5 Å². The van der Waals surface area contributed by atoms with E-state index < -0.39 is 9.84 Å². The van der Waals surface area contributed by atoms with Crippen LogP contribution >= 0.6 is 11.6 Å². The summed E-state index contributed by atoms with van der Waals surface area (Å²) in [4.78, 5) is 6.44. The Hall–Kier alpha value is -2.75. The number of ether oxygens (including phenoxy) is 2. The molecule has 0 spiro atoms. The number of hydrogen-bond acceptors (Lipinski definition) is 8. The Kier molecular flexibility index (Phi) is 6.59. The highest BCUT2D eigenvalue weighted by Crippen LogP contribution is 2.37. The van der Waals surface area contributed by atoms with Crippen LogP contribution in [0.25, 0.3) is 11.5 Å². The van der Waals surface area contributed by atoms with Gasteiger partial charge in [-0.2, -0.15) is 4.98 Å². The molecule has 0 unspecified atom stereocenters. The number of halogens is 1. The fraction of sp³-hybridized carbons (Fsp3) is 0.318. The largest absolute Gasteiger partial charge is 0.486 e. The first-order valence-corrected chi connectivity index (χ1v) is 12.0. The molecule has 32 heavy (non-hydrogen) atoms. The lowest BCUT2D eigenvalue weighted by atomic mass is 10.2. The van der Waals surface area contributed by atoms with Crippen LogP contribution in [0, 0.1) is 0 Å². The molecule has 0 aliphatic carbocycles. The van der Waals surface area contributed by atoms with Crippen molar-refractivity contribution in [2.75, 3.05) is 45.7 Å². The van der Waals surface area contributed by atoms with Gasteiger partial charge in [0.2, 0.25) is 26.6 Å². The second-order valence-corrected chi connectivity index (χ2v) is 9.85. The third kappa shape index (κ3) is 4.85. The van der Waals surface area contributed by atoms with Gasteiger partial charge in [-0.1, -0.05) is 11.6 Å². The third-order valence-corrected chi connectivity index (χ3v) is 6.75. The molecule has 10 heteroatoms. The number of benzene rings is 2. The maximum Gasteiger partial charge on any atom is 0.233 e. The fourth-order valence-corrected chi connectivity index (χ4v) is 4.64. The second kappa shape index (κ2) is 9.40. The fourth-order valence-electron chi connectivity index (χ4n) is 3.22. The summed E-state index contributed by atoms with van der Waals surface area (Å²) in [5.74, 6) is 1.19. The van der Waals surface area contributed by atoms with Crippen molar-refractivity contribution in [2.45, 2.75) is 16.3 Å². The lowest BCUT2D eigenvalue weighted by Gasteiger charge is -2.18. The Morgan fingerprint density at radius 2 is 1.78 bits per heavy atom. The monoisotopic (exact) mass is 477 g/mol. The molecular formula is C22H24ClN3O5S. The van der Waals surface area contributed by atoms with Crippen LogP contribution in [0.15, 0.2) is 56.8 Å². The highest BCUT2D eigenvalue weighted by molar-refractivity contribution is 7.91. The van der Waals surface area contributed by atoms with E-state index in [1.165, 1.54) is 12.1 Å². The summed E-state index contributed by atoms with van der Waals surface area (Å²) in [6, 6.07) is 11.4. The molecule has 1 aromatic heterocycles. The predicted octanol–water partition coefficient (Wildman–Crippen LogP) is 3.96. The molecule has 170 valence electrons. The zero-order valence-corrected chi connectivity index (χ0v) is 19.4. The van der Waals surface area contributed by atoms with E-state index >= 15 is 0 Å². The maximum atomic E-state index is 13.5. The lowest BCUT2D eigenvalue weighted by Crippen LogP contribution is -2.17. The Labute approximate surface area is 192 Å². The van der Waals surface area contributed by atoms with Gasteiger partial charge in [0.25, 0.3) is 0 Å². The Bertz CT molecular complexity index is 1190. The minimum Gasteiger partial charge on any atom is -0.486 e. The van der Waals surface area contributed by atoms with Gasteiger partial charge in [-0.25, -0.2) is 8.42 Å². The van der Waals surface area contributed by atoms with Crippen LogP contribution in [0.3, 0.4) is 0 Å². The zero-order chi connectivity index (χ0) is 22.7. The van der Waals surface area contributed by atoms with Gasteiger partial charge in [0, 0.05) is 23.2 Å². The number of fused-ring (bicyclic) bond motifs is 1. The van der Waals surface area contributed by atoms with E-state index in [-0.39, 0.29) is 21.7 Å². The van der Waals surface area contributed by atoms with Gasteiger partial charge in [0.05, 0.1) is 4.90 Å². The van der Waals surface area contributed by atoms with E-state index in [4.69, 9.17) is 25.5 Å². The van der Waals surface area contributed by atoms with Crippen LogP contribution in [0.2, 0.25) is 5.02 Å². The van der Waals surface area contributed by atoms with Crippen LogP contribution in [0.1, 0.15) is 6.42 Å². The minimum atomic E-state index is -3.99. The van der Waals surface area contributed by atoms with Gasteiger partial charge in [0.1, 0.15) is 13.2 Å². The Morgan fingerprint density at radius 3 is 2.50 bits per heavy atom. The standard InChI is InChI=1S/C22H24ClN3O5S/c1-26(2)11-3-10-24-21-22(25-20(31-21)15-4-6-16(23)7-5-15)32(27,28)17-8-9-18-19(14-17)30-13-12-29-18/h4-9,14,24H,3,10-13H2,1-2H3.